The first-order valence-corrected chi connectivity index (χ1v) is 4.13. The minimum Gasteiger partial charge on any atom is -0.482 e. The standard InChI is InChI=1S/C9H13N3O/c1-3-13-8-10-11-9-6-4-5-7-12(9)2/h4-8H,3H2,1-2H3/b10-8+,11-9+. The van der Waals surface area contributed by atoms with Gasteiger partial charge in [0, 0.05) is 13.2 Å². The van der Waals surface area contributed by atoms with Crippen molar-refractivity contribution in [2.75, 3.05) is 6.61 Å². The minimum absolute atomic E-state index is 0.611. The molecule has 0 radical (unpaired) electrons. The van der Waals surface area contributed by atoms with Crippen molar-refractivity contribution < 1.29 is 4.74 Å². The molecule has 0 saturated carbocycles. The Labute approximate surface area is 77.2 Å². The van der Waals surface area contributed by atoms with Gasteiger partial charge < -0.3 is 9.30 Å². The number of hydrogen-bond acceptors (Lipinski definition) is 3. The molecule has 1 aromatic heterocycles. The van der Waals surface area contributed by atoms with Crippen molar-refractivity contribution in [1.82, 2.24) is 4.57 Å². The van der Waals surface area contributed by atoms with Crippen LogP contribution in [0.1, 0.15) is 6.92 Å². The second kappa shape index (κ2) is 5.13. The number of aromatic nitrogens is 1. The molecule has 0 aromatic carbocycles. The van der Waals surface area contributed by atoms with Crippen LogP contribution in [0.2, 0.25) is 0 Å². The highest BCUT2D eigenvalue weighted by Crippen LogP contribution is 1.77. The maximum Gasteiger partial charge on any atom is 0.195 e. The second-order valence-corrected chi connectivity index (χ2v) is 2.45. The van der Waals surface area contributed by atoms with Gasteiger partial charge in [-0.05, 0) is 19.1 Å². The van der Waals surface area contributed by atoms with Gasteiger partial charge in [0.05, 0.1) is 6.61 Å². The van der Waals surface area contributed by atoms with Gasteiger partial charge in [0.2, 0.25) is 0 Å². The van der Waals surface area contributed by atoms with Gasteiger partial charge in [-0.3, -0.25) is 0 Å². The first-order valence-electron chi connectivity index (χ1n) is 4.13. The molecular formula is C9H13N3O. The van der Waals surface area contributed by atoms with Crippen LogP contribution in [0.15, 0.2) is 34.6 Å². The molecule has 1 heterocycles. The highest BCUT2D eigenvalue weighted by Gasteiger charge is 1.81. The van der Waals surface area contributed by atoms with Gasteiger partial charge in [0.25, 0.3) is 0 Å². The van der Waals surface area contributed by atoms with E-state index < -0.39 is 0 Å². The van der Waals surface area contributed by atoms with E-state index in [-0.39, 0.29) is 0 Å². The molecule has 0 N–H and O–H groups in total. The first-order chi connectivity index (χ1) is 6.34. The molecule has 4 nitrogen and oxygen atoms in total. The zero-order chi connectivity index (χ0) is 9.52. The van der Waals surface area contributed by atoms with Gasteiger partial charge in [-0.15, -0.1) is 10.2 Å². The molecule has 0 fully saturated rings. The molecular weight excluding hydrogens is 166 g/mol. The Kier molecular flexibility index (Phi) is 3.75. The average molecular weight is 179 g/mol. The third kappa shape index (κ3) is 3.11. The summed E-state index contributed by atoms with van der Waals surface area (Å²) in [5, 5.41) is 7.70. The van der Waals surface area contributed by atoms with Gasteiger partial charge in [-0.2, -0.15) is 0 Å². The second-order valence-electron chi connectivity index (χ2n) is 2.45. The topological polar surface area (TPSA) is 38.9 Å². The van der Waals surface area contributed by atoms with Crippen LogP contribution in [0.3, 0.4) is 0 Å². The van der Waals surface area contributed by atoms with E-state index in [9.17, 15) is 0 Å². The third-order valence-corrected chi connectivity index (χ3v) is 1.48. The van der Waals surface area contributed by atoms with Gasteiger partial charge in [-0.25, -0.2) is 0 Å². The Hall–Kier alpha value is -1.58. The highest BCUT2D eigenvalue weighted by molar-refractivity contribution is 5.45. The Morgan fingerprint density at radius 1 is 1.54 bits per heavy atom. The van der Waals surface area contributed by atoms with E-state index in [1.54, 1.807) is 0 Å². The van der Waals surface area contributed by atoms with E-state index in [2.05, 4.69) is 10.2 Å². The van der Waals surface area contributed by atoms with Crippen LogP contribution < -0.4 is 5.49 Å². The maximum absolute atomic E-state index is 4.90. The SMILES string of the molecule is CCO/C=N/N=c1\ccccn1C. The van der Waals surface area contributed by atoms with E-state index in [4.69, 9.17) is 4.74 Å². The predicted molar refractivity (Wildman–Crippen MR) is 51.1 cm³/mol. The summed E-state index contributed by atoms with van der Waals surface area (Å²) in [6.45, 7) is 2.51. The molecule has 1 rings (SSSR count). The summed E-state index contributed by atoms with van der Waals surface area (Å²) >= 11 is 0. The normalized spacial score (nSPS) is 12.3. The molecule has 0 aliphatic carbocycles. The fourth-order valence-corrected chi connectivity index (χ4v) is 0.809. The molecule has 0 amide bonds. The van der Waals surface area contributed by atoms with Crippen LogP contribution in [0.5, 0.6) is 0 Å². The molecule has 0 bridgehead atoms. The van der Waals surface area contributed by atoms with Crippen molar-refractivity contribution in [3.8, 4) is 0 Å². The average Bonchev–Trinajstić information content (AvgIpc) is 2.15. The fourth-order valence-electron chi connectivity index (χ4n) is 0.809. The Morgan fingerprint density at radius 2 is 2.38 bits per heavy atom. The van der Waals surface area contributed by atoms with Crippen LogP contribution in [-0.4, -0.2) is 17.6 Å². The Morgan fingerprint density at radius 3 is 3.08 bits per heavy atom. The number of nitrogens with zero attached hydrogens (tertiary/aromatic N) is 3. The summed E-state index contributed by atoms with van der Waals surface area (Å²) in [6, 6.07) is 5.73. The molecule has 0 unspecified atom stereocenters. The summed E-state index contributed by atoms with van der Waals surface area (Å²) in [4.78, 5) is 0. The number of aryl methyl sites for hydroxylation is 1. The van der Waals surface area contributed by atoms with Gasteiger partial charge in [-0.1, -0.05) is 6.07 Å². The zero-order valence-electron chi connectivity index (χ0n) is 7.84. The molecule has 0 aliphatic rings. The summed E-state index contributed by atoms with van der Waals surface area (Å²) in [5.41, 5.74) is 0.790. The van der Waals surface area contributed by atoms with E-state index >= 15 is 0 Å². The zero-order valence-corrected chi connectivity index (χ0v) is 7.84. The van der Waals surface area contributed by atoms with E-state index in [0.29, 0.717) is 6.61 Å². The maximum atomic E-state index is 4.90. The third-order valence-electron chi connectivity index (χ3n) is 1.48. The van der Waals surface area contributed by atoms with Crippen LogP contribution in [0, 0.1) is 0 Å². The van der Waals surface area contributed by atoms with E-state index in [1.807, 2.05) is 42.9 Å². The van der Waals surface area contributed by atoms with Crippen LogP contribution in [-0.2, 0) is 11.8 Å². The fraction of sp³-hybridized carbons (Fsp3) is 0.333. The summed E-state index contributed by atoms with van der Waals surface area (Å²) in [6.07, 6.45) is 3.25. The molecule has 0 saturated heterocycles. The molecule has 0 aliphatic heterocycles. The lowest BCUT2D eigenvalue weighted by atomic mass is 10.5. The van der Waals surface area contributed by atoms with Crippen molar-refractivity contribution in [2.24, 2.45) is 17.3 Å². The molecule has 0 atom stereocenters. The molecule has 0 spiro atoms. The smallest absolute Gasteiger partial charge is 0.195 e. The van der Waals surface area contributed by atoms with Crippen molar-refractivity contribution in [3.05, 3.63) is 29.9 Å². The van der Waals surface area contributed by atoms with E-state index in [0.717, 1.165) is 5.49 Å². The highest BCUT2D eigenvalue weighted by atomic mass is 16.5. The van der Waals surface area contributed by atoms with Crippen LogP contribution in [0.25, 0.3) is 0 Å². The van der Waals surface area contributed by atoms with Crippen LogP contribution >= 0.6 is 0 Å². The van der Waals surface area contributed by atoms with Crippen molar-refractivity contribution in [2.45, 2.75) is 6.92 Å². The molecule has 1 aromatic rings. The monoisotopic (exact) mass is 179 g/mol. The Bertz CT molecular complexity index is 341. The van der Waals surface area contributed by atoms with Gasteiger partial charge in [0.1, 0.15) is 0 Å². The molecule has 4 heteroatoms. The van der Waals surface area contributed by atoms with Crippen molar-refractivity contribution in [1.29, 1.82) is 0 Å². The van der Waals surface area contributed by atoms with E-state index in [1.165, 1.54) is 6.40 Å². The number of hydrogen-bond donors (Lipinski definition) is 0. The number of ether oxygens (including phenoxy) is 1. The van der Waals surface area contributed by atoms with Crippen molar-refractivity contribution >= 4 is 6.40 Å². The summed E-state index contributed by atoms with van der Waals surface area (Å²) in [5.74, 6) is 0. The predicted octanol–water partition coefficient (Wildman–Crippen LogP) is 0.906. The lowest BCUT2D eigenvalue weighted by Gasteiger charge is -1.94. The van der Waals surface area contributed by atoms with Crippen molar-refractivity contribution in [3.63, 3.8) is 0 Å². The van der Waals surface area contributed by atoms with Gasteiger partial charge in [0.15, 0.2) is 11.9 Å². The lowest BCUT2D eigenvalue weighted by Crippen LogP contribution is -2.15. The molecule has 13 heavy (non-hydrogen) atoms. The Balaban J connectivity index is 2.76. The quantitative estimate of drug-likeness (QED) is 0.386. The number of rotatable bonds is 3. The molecule has 70 valence electrons. The first kappa shape index (κ1) is 9.51. The summed E-state index contributed by atoms with van der Waals surface area (Å²) < 4.78 is 6.78. The summed E-state index contributed by atoms with van der Waals surface area (Å²) in [7, 11) is 1.91. The number of pyridine rings is 1. The minimum atomic E-state index is 0.611. The lowest BCUT2D eigenvalue weighted by molar-refractivity contribution is 0.342. The van der Waals surface area contributed by atoms with Gasteiger partial charge >= 0.3 is 0 Å². The van der Waals surface area contributed by atoms with Crippen LogP contribution in [0.4, 0.5) is 0 Å². The largest absolute Gasteiger partial charge is 0.482 e.